The number of fused-ring (bicyclic) bond motifs is 1. The van der Waals surface area contributed by atoms with E-state index in [1.165, 1.54) is 55.8 Å². The van der Waals surface area contributed by atoms with E-state index in [4.69, 9.17) is 4.74 Å². The van der Waals surface area contributed by atoms with Gasteiger partial charge in [-0.1, -0.05) is 74.0 Å². The van der Waals surface area contributed by atoms with Crippen LogP contribution < -0.4 is 10.5 Å². The number of aryl methyl sites for hydroxylation is 1. The normalized spacial score (nSPS) is 11.3. The van der Waals surface area contributed by atoms with E-state index in [0.717, 1.165) is 30.9 Å². The number of aromatic amines is 1. The molecule has 0 aliphatic rings. The zero-order valence-electron chi connectivity index (χ0n) is 19.2. The second-order valence-electron chi connectivity index (χ2n) is 8.61. The van der Waals surface area contributed by atoms with Crippen LogP contribution in [-0.4, -0.2) is 21.3 Å². The Kier molecular flexibility index (Phi) is 8.39. The molecule has 4 rings (SSSR count). The first-order chi connectivity index (χ1) is 16.3. The molecule has 6 nitrogen and oxygen atoms in total. The van der Waals surface area contributed by atoms with Crippen LogP contribution >= 0.6 is 0 Å². The molecule has 0 atom stereocenters. The molecule has 1 N–H and O–H groups in total. The standard InChI is InChI=1S/C27H33N3O3/c31-27-28-26(29-33-27)21-22-13-15-24(16-14-22)32-20-10-6-4-2-1-3-5-9-18-30-19-17-23-11-7-8-12-25(23)30/h7-8,11-17,19H,1-6,9-10,18,20-21H2,(H,28,29,31). The molecule has 0 amide bonds. The average molecular weight is 448 g/mol. The Morgan fingerprint density at radius 1 is 0.848 bits per heavy atom. The molecule has 2 aromatic carbocycles. The molecule has 0 bridgehead atoms. The van der Waals surface area contributed by atoms with Crippen molar-refractivity contribution in [2.24, 2.45) is 0 Å². The van der Waals surface area contributed by atoms with Crippen molar-refractivity contribution in [2.45, 2.75) is 64.3 Å². The predicted molar refractivity (Wildman–Crippen MR) is 131 cm³/mol. The first-order valence-corrected chi connectivity index (χ1v) is 12.1. The van der Waals surface area contributed by atoms with E-state index >= 15 is 0 Å². The summed E-state index contributed by atoms with van der Waals surface area (Å²) in [6, 6.07) is 18.7. The van der Waals surface area contributed by atoms with Crippen LogP contribution in [0.15, 0.2) is 70.1 Å². The Balaban J connectivity index is 0.997. The zero-order valence-corrected chi connectivity index (χ0v) is 19.2. The maximum absolute atomic E-state index is 11.0. The number of benzene rings is 2. The highest BCUT2D eigenvalue weighted by molar-refractivity contribution is 5.79. The molecular formula is C27H33N3O3. The minimum absolute atomic E-state index is 0.522. The van der Waals surface area contributed by atoms with Crippen LogP contribution in [0.3, 0.4) is 0 Å². The van der Waals surface area contributed by atoms with Crippen molar-refractivity contribution >= 4 is 10.9 Å². The molecule has 0 aliphatic carbocycles. The van der Waals surface area contributed by atoms with Crippen molar-refractivity contribution in [2.75, 3.05) is 6.61 Å². The number of H-pyrrole nitrogens is 1. The van der Waals surface area contributed by atoms with Gasteiger partial charge in [-0.05, 0) is 48.1 Å². The van der Waals surface area contributed by atoms with Crippen LogP contribution in [0.5, 0.6) is 5.75 Å². The van der Waals surface area contributed by atoms with Crippen LogP contribution in [0.1, 0.15) is 62.8 Å². The molecule has 33 heavy (non-hydrogen) atoms. The molecule has 174 valence electrons. The Morgan fingerprint density at radius 2 is 1.58 bits per heavy atom. The van der Waals surface area contributed by atoms with Crippen LogP contribution in [0.2, 0.25) is 0 Å². The second-order valence-corrected chi connectivity index (χ2v) is 8.61. The number of para-hydroxylation sites is 1. The summed E-state index contributed by atoms with van der Waals surface area (Å²) in [7, 11) is 0. The molecule has 0 aliphatic heterocycles. The second kappa shape index (κ2) is 12.1. The van der Waals surface area contributed by atoms with Gasteiger partial charge < -0.3 is 9.30 Å². The molecule has 4 aromatic rings. The molecule has 0 unspecified atom stereocenters. The monoisotopic (exact) mass is 447 g/mol. The summed E-state index contributed by atoms with van der Waals surface area (Å²) >= 11 is 0. The first-order valence-electron chi connectivity index (χ1n) is 12.1. The lowest BCUT2D eigenvalue weighted by Gasteiger charge is -2.07. The summed E-state index contributed by atoms with van der Waals surface area (Å²) in [5.74, 6) is 0.887. The van der Waals surface area contributed by atoms with E-state index in [2.05, 4.69) is 55.8 Å². The number of hydrogen-bond donors (Lipinski definition) is 1. The number of aromatic nitrogens is 3. The maximum atomic E-state index is 11.0. The van der Waals surface area contributed by atoms with Gasteiger partial charge in [-0.3, -0.25) is 9.51 Å². The lowest BCUT2D eigenvalue weighted by atomic mass is 10.1. The van der Waals surface area contributed by atoms with Gasteiger partial charge in [0.15, 0.2) is 5.82 Å². The highest BCUT2D eigenvalue weighted by Gasteiger charge is 2.03. The number of hydrogen-bond acceptors (Lipinski definition) is 4. The largest absolute Gasteiger partial charge is 0.494 e. The summed E-state index contributed by atoms with van der Waals surface area (Å²) in [4.78, 5) is 13.5. The fourth-order valence-electron chi connectivity index (χ4n) is 4.20. The lowest BCUT2D eigenvalue weighted by molar-refractivity contribution is 0.304. The van der Waals surface area contributed by atoms with Crippen molar-refractivity contribution in [3.8, 4) is 5.75 Å². The van der Waals surface area contributed by atoms with Gasteiger partial charge in [0.2, 0.25) is 0 Å². The summed E-state index contributed by atoms with van der Waals surface area (Å²) in [5, 5.41) is 5.02. The van der Waals surface area contributed by atoms with Crippen molar-refractivity contribution in [1.29, 1.82) is 0 Å². The number of nitrogens with zero attached hydrogens (tertiary/aromatic N) is 2. The minimum atomic E-state index is -0.522. The third kappa shape index (κ3) is 7.11. The predicted octanol–water partition coefficient (Wildman–Crippen LogP) is 6.11. The van der Waals surface area contributed by atoms with E-state index in [0.29, 0.717) is 12.2 Å². The van der Waals surface area contributed by atoms with E-state index in [-0.39, 0.29) is 0 Å². The maximum Gasteiger partial charge on any atom is 0.438 e. The highest BCUT2D eigenvalue weighted by atomic mass is 16.5. The molecule has 6 heteroatoms. The fraction of sp³-hybridized carbons (Fsp3) is 0.407. The number of nitrogens with one attached hydrogen (secondary N) is 1. The van der Waals surface area contributed by atoms with E-state index < -0.39 is 5.76 Å². The molecular weight excluding hydrogens is 414 g/mol. The van der Waals surface area contributed by atoms with Gasteiger partial charge in [0, 0.05) is 24.7 Å². The summed E-state index contributed by atoms with van der Waals surface area (Å²) in [5.41, 5.74) is 2.40. The van der Waals surface area contributed by atoms with Gasteiger partial charge in [-0.2, -0.15) is 0 Å². The van der Waals surface area contributed by atoms with Crippen LogP contribution in [0.25, 0.3) is 10.9 Å². The molecule has 2 heterocycles. The Hall–Kier alpha value is -3.28. The minimum Gasteiger partial charge on any atom is -0.494 e. The van der Waals surface area contributed by atoms with Gasteiger partial charge in [0.1, 0.15) is 5.75 Å². The van der Waals surface area contributed by atoms with Crippen molar-refractivity contribution in [3.63, 3.8) is 0 Å². The van der Waals surface area contributed by atoms with Crippen LogP contribution in [0.4, 0.5) is 0 Å². The van der Waals surface area contributed by atoms with E-state index in [9.17, 15) is 4.79 Å². The molecule has 0 spiro atoms. The molecule has 0 saturated heterocycles. The summed E-state index contributed by atoms with van der Waals surface area (Å²) in [6.07, 6.45) is 12.8. The van der Waals surface area contributed by atoms with Crippen LogP contribution in [-0.2, 0) is 13.0 Å². The summed E-state index contributed by atoms with van der Waals surface area (Å²) < 4.78 is 12.7. The highest BCUT2D eigenvalue weighted by Crippen LogP contribution is 2.17. The van der Waals surface area contributed by atoms with Gasteiger partial charge in [-0.25, -0.2) is 4.79 Å². The SMILES string of the molecule is O=c1[nH]c(Cc2ccc(OCCCCCCCCCCn3ccc4ccccc43)cc2)no1. The number of unbranched alkanes of at least 4 members (excludes halogenated alkanes) is 7. The first kappa shape index (κ1) is 22.9. The van der Waals surface area contributed by atoms with Gasteiger partial charge in [0.05, 0.1) is 6.61 Å². The fourth-order valence-corrected chi connectivity index (χ4v) is 4.20. The van der Waals surface area contributed by atoms with Gasteiger partial charge >= 0.3 is 5.76 Å². The third-order valence-corrected chi connectivity index (χ3v) is 6.02. The Labute approximate surface area is 194 Å². The van der Waals surface area contributed by atoms with Gasteiger partial charge in [-0.15, -0.1) is 0 Å². The third-order valence-electron chi connectivity index (χ3n) is 6.02. The smallest absolute Gasteiger partial charge is 0.438 e. The van der Waals surface area contributed by atoms with Crippen molar-refractivity contribution in [1.82, 2.24) is 14.7 Å². The van der Waals surface area contributed by atoms with Crippen LogP contribution in [0, 0.1) is 0 Å². The zero-order chi connectivity index (χ0) is 22.7. The quantitative estimate of drug-likeness (QED) is 0.237. The Morgan fingerprint density at radius 3 is 2.33 bits per heavy atom. The van der Waals surface area contributed by atoms with Crippen molar-refractivity contribution in [3.05, 3.63) is 82.7 Å². The lowest BCUT2D eigenvalue weighted by Crippen LogP contribution is -1.99. The average Bonchev–Trinajstić information content (AvgIpc) is 3.44. The molecule has 0 saturated carbocycles. The van der Waals surface area contributed by atoms with Gasteiger partial charge in [0.25, 0.3) is 0 Å². The Bertz CT molecular complexity index is 1160. The van der Waals surface area contributed by atoms with Crippen molar-refractivity contribution < 1.29 is 9.26 Å². The number of rotatable bonds is 14. The topological polar surface area (TPSA) is 73.1 Å². The van der Waals surface area contributed by atoms with E-state index in [1.807, 2.05) is 24.3 Å². The molecule has 0 fully saturated rings. The van der Waals surface area contributed by atoms with E-state index in [1.54, 1.807) is 0 Å². The molecule has 2 aromatic heterocycles. The number of ether oxygens (including phenoxy) is 1. The molecule has 0 radical (unpaired) electrons. The summed E-state index contributed by atoms with van der Waals surface area (Å²) in [6.45, 7) is 1.87.